The van der Waals surface area contributed by atoms with E-state index in [9.17, 15) is 0 Å². The van der Waals surface area contributed by atoms with Gasteiger partial charge in [0.1, 0.15) is 0 Å². The van der Waals surface area contributed by atoms with Gasteiger partial charge in [-0.1, -0.05) is 7.43 Å². The van der Waals surface area contributed by atoms with Crippen LogP contribution in [0.3, 0.4) is 0 Å². The molecule has 14 heteroatoms. The molecule has 2 aliphatic heterocycles. The Kier molecular flexibility index (Phi) is 24.5. The third-order valence-electron chi connectivity index (χ3n) is 5.69. The van der Waals surface area contributed by atoms with Crippen molar-refractivity contribution in [1.29, 1.82) is 0 Å². The summed E-state index contributed by atoms with van der Waals surface area (Å²) in [4.78, 5) is 3.52. The fourth-order valence-corrected chi connectivity index (χ4v) is 10.8. The Balaban J connectivity index is -0.000000200. The largest absolute Gasteiger partial charge is 0.500 e. The van der Waals surface area contributed by atoms with E-state index in [4.69, 9.17) is 33.0 Å². The molecule has 2 saturated heterocycles. The van der Waals surface area contributed by atoms with E-state index in [-0.39, 0.29) is 26.0 Å². The van der Waals surface area contributed by atoms with Crippen LogP contribution in [0.5, 0.6) is 0 Å². The number of halogens is 1. The molecule has 0 saturated carbocycles. The summed E-state index contributed by atoms with van der Waals surface area (Å²) in [5.41, 5.74) is 5.35. The Bertz CT molecular complexity index is 391. The van der Waals surface area contributed by atoms with E-state index >= 15 is 0 Å². The van der Waals surface area contributed by atoms with Crippen molar-refractivity contribution >= 4 is 29.4 Å². The SMILES string of the molecule is C.CO.CO[Si-]12(OC)CCC[NH+]1CCN2.CO[Si](CCCNCCN)(OC)OC.Cl.N. The van der Waals surface area contributed by atoms with Gasteiger partial charge in [0.2, 0.25) is 0 Å². The molecule has 11 nitrogen and oxygen atoms in total. The molecule has 0 aromatic rings. The van der Waals surface area contributed by atoms with Gasteiger partial charge in [-0.2, -0.15) is 0 Å². The van der Waals surface area contributed by atoms with Gasteiger partial charge >= 0.3 is 81.7 Å². The smallest absolute Gasteiger partial charge is 0.377 e. The van der Waals surface area contributed by atoms with Crippen LogP contribution in [0, 0.1) is 0 Å². The molecule has 0 bridgehead atoms. The number of fused-ring (bicyclic) bond motifs is 1. The first-order valence-corrected chi connectivity index (χ1v) is 14.3. The summed E-state index contributed by atoms with van der Waals surface area (Å²) in [6.45, 7) is 5.85. The van der Waals surface area contributed by atoms with Gasteiger partial charge in [-0.05, 0) is 13.0 Å². The molecule has 2 fully saturated rings. The van der Waals surface area contributed by atoms with Crippen LogP contribution >= 0.6 is 12.4 Å². The Labute approximate surface area is 197 Å². The Morgan fingerprint density at radius 2 is 1.58 bits per heavy atom. The van der Waals surface area contributed by atoms with E-state index in [1.165, 1.54) is 13.0 Å². The van der Waals surface area contributed by atoms with Crippen LogP contribution in [-0.4, -0.2) is 104 Å². The van der Waals surface area contributed by atoms with Crippen molar-refractivity contribution in [2.75, 3.05) is 81.9 Å². The summed E-state index contributed by atoms with van der Waals surface area (Å²) >= 11 is 0. The van der Waals surface area contributed by atoms with Gasteiger partial charge in [0, 0.05) is 47.6 Å². The molecule has 2 heterocycles. The average molecular weight is 514 g/mol. The minimum absolute atomic E-state index is 0. The van der Waals surface area contributed by atoms with Crippen molar-refractivity contribution in [3.63, 3.8) is 0 Å². The standard InChI is InChI=1S/C8H22N2O3Si.C7H18N2O2Si.CH4O.CH4.ClH.H3N/c1-11-14(12-2,13-3)8-4-6-10-7-5-9;1-10-12(11-2)7-3-5-9(12)6-4-8-12;1-2;;;/h10H,4-9H2,1-3H3;8-9H,3-7H2,1-2H3;2H,1H3;1H4;1H;1H3. The van der Waals surface area contributed by atoms with Gasteiger partial charge in [0.15, 0.2) is 0 Å². The number of quaternary nitrogens is 1. The van der Waals surface area contributed by atoms with E-state index in [0.29, 0.717) is 6.54 Å². The third-order valence-corrected chi connectivity index (χ3v) is 14.4. The molecule has 0 amide bonds. The predicted octanol–water partition coefficient (Wildman–Crippen LogP) is -0.808. The Morgan fingerprint density at radius 1 is 1.03 bits per heavy atom. The minimum atomic E-state index is -2.66. The second-order valence-electron chi connectivity index (χ2n) is 6.74. The monoisotopic (exact) mass is 513 g/mol. The Hall–Kier alpha value is 0.284. The summed E-state index contributed by atoms with van der Waals surface area (Å²) in [6.07, 6.45) is 2.21. The number of hydrogen-bond acceptors (Lipinski definition) is 10. The summed E-state index contributed by atoms with van der Waals surface area (Å²) in [6, 6.07) is 1.93. The van der Waals surface area contributed by atoms with Crippen LogP contribution in [0.1, 0.15) is 20.3 Å². The van der Waals surface area contributed by atoms with Crippen LogP contribution in [-0.2, 0) is 22.1 Å². The van der Waals surface area contributed by atoms with Crippen LogP contribution < -0.4 is 26.7 Å². The van der Waals surface area contributed by atoms with Crippen molar-refractivity contribution in [1.82, 2.24) is 16.4 Å². The first-order valence-electron chi connectivity index (χ1n) is 9.89. The fourth-order valence-electron chi connectivity index (χ4n) is 4.04. The topological polar surface area (TPSA) is 156 Å². The quantitative estimate of drug-likeness (QED) is 0.152. The van der Waals surface area contributed by atoms with Gasteiger partial charge in [0.05, 0.1) is 0 Å². The van der Waals surface area contributed by atoms with Crippen LogP contribution in [0.2, 0.25) is 12.1 Å². The maximum absolute atomic E-state index is 7.00. The summed E-state index contributed by atoms with van der Waals surface area (Å²) in [5, 5.41) is 10.2. The summed E-state index contributed by atoms with van der Waals surface area (Å²) in [5.74, 6) is 0. The van der Waals surface area contributed by atoms with Crippen molar-refractivity contribution in [2.24, 2.45) is 5.73 Å². The van der Waals surface area contributed by atoms with Crippen molar-refractivity contribution in [2.45, 2.75) is 32.4 Å². The number of hydrogen-bond donors (Lipinski definition) is 6. The first-order chi connectivity index (χ1) is 13.5. The van der Waals surface area contributed by atoms with Crippen molar-refractivity contribution in [3.8, 4) is 0 Å². The molecule has 1 unspecified atom stereocenters. The summed E-state index contributed by atoms with van der Waals surface area (Å²) in [7, 11) is 4.47. The molecule has 0 spiro atoms. The van der Waals surface area contributed by atoms with Gasteiger partial charge < -0.3 is 35.6 Å². The molecule has 31 heavy (non-hydrogen) atoms. The molecular formula is C17H52ClN5O6Si2. The normalized spacial score (nSPS) is 21.2. The Morgan fingerprint density at radius 3 is 2.00 bits per heavy atom. The number of aliphatic hydroxyl groups is 1. The van der Waals surface area contributed by atoms with E-state index in [0.717, 1.165) is 51.8 Å². The van der Waals surface area contributed by atoms with Gasteiger partial charge in [-0.15, -0.1) is 12.4 Å². The van der Waals surface area contributed by atoms with Crippen LogP contribution in [0.25, 0.3) is 0 Å². The molecule has 0 radical (unpaired) electrons. The zero-order valence-corrected chi connectivity index (χ0v) is 22.6. The zero-order valence-electron chi connectivity index (χ0n) is 19.8. The zero-order chi connectivity index (χ0) is 21.5. The minimum Gasteiger partial charge on any atom is -0.377 e. The van der Waals surface area contributed by atoms with Gasteiger partial charge in [0.25, 0.3) is 0 Å². The molecule has 1 atom stereocenters. The van der Waals surface area contributed by atoms with Crippen LogP contribution in [0.15, 0.2) is 0 Å². The molecule has 9 N–H and O–H groups in total. The second kappa shape index (κ2) is 19.7. The number of rotatable bonds is 11. The van der Waals surface area contributed by atoms with E-state index in [2.05, 4.69) is 10.3 Å². The molecule has 0 aromatic carbocycles. The van der Waals surface area contributed by atoms with Gasteiger partial charge in [-0.25, -0.2) is 0 Å². The van der Waals surface area contributed by atoms with E-state index < -0.39 is 17.0 Å². The molecule has 196 valence electrons. The van der Waals surface area contributed by atoms with E-state index in [1.807, 2.05) is 0 Å². The maximum atomic E-state index is 7.00. The average Bonchev–Trinajstić information content (AvgIpc) is 3.30. The van der Waals surface area contributed by atoms with Crippen molar-refractivity contribution < 1.29 is 31.8 Å². The third kappa shape index (κ3) is 9.97. The van der Waals surface area contributed by atoms with E-state index in [1.54, 1.807) is 40.1 Å². The molecular weight excluding hydrogens is 462 g/mol. The number of nitrogens with two attached hydrogens (primary N) is 1. The first kappa shape index (κ1) is 38.5. The fraction of sp³-hybridized carbons (Fsp3) is 1.00. The molecule has 2 aliphatic rings. The van der Waals surface area contributed by atoms with Crippen LogP contribution in [0.4, 0.5) is 0 Å². The predicted molar refractivity (Wildman–Crippen MR) is 133 cm³/mol. The second-order valence-corrected chi connectivity index (χ2v) is 14.7. The van der Waals surface area contributed by atoms with Crippen molar-refractivity contribution in [3.05, 3.63) is 0 Å². The molecule has 0 aromatic heterocycles. The number of nitrogens with one attached hydrogen (secondary N) is 3. The number of aliphatic hydroxyl groups excluding tert-OH is 1. The molecule has 2 rings (SSSR count). The summed E-state index contributed by atoms with van der Waals surface area (Å²) < 4.78 is 28.9. The maximum Gasteiger partial charge on any atom is 0.500 e. The molecule has 0 aliphatic carbocycles. The van der Waals surface area contributed by atoms with Gasteiger partial charge in [-0.3, -0.25) is 0 Å².